The van der Waals surface area contributed by atoms with Crippen LogP contribution in [0.5, 0.6) is 5.75 Å². The number of nitrogens with two attached hydrogens (primary N) is 1. The molecule has 0 aliphatic carbocycles. The van der Waals surface area contributed by atoms with E-state index in [4.69, 9.17) is 22.1 Å². The van der Waals surface area contributed by atoms with Gasteiger partial charge in [-0.1, -0.05) is 23.7 Å². The molecule has 0 saturated heterocycles. The van der Waals surface area contributed by atoms with Crippen LogP contribution in [0.15, 0.2) is 39.6 Å². The highest BCUT2D eigenvalue weighted by atomic mass is 35.5. The number of hydrogen-bond acceptors (Lipinski definition) is 4. The SMILES string of the molecule is NC1=NS(=O)(=O)C(COc2ccccc2Cl)=C1. The largest absolute Gasteiger partial charge is 0.487 e. The molecule has 0 fully saturated rings. The van der Waals surface area contributed by atoms with Gasteiger partial charge in [-0.15, -0.1) is 4.40 Å². The molecule has 1 aliphatic heterocycles. The summed E-state index contributed by atoms with van der Waals surface area (Å²) in [6.45, 7) is -0.143. The van der Waals surface area contributed by atoms with Crippen LogP contribution >= 0.6 is 11.6 Å². The normalized spacial score (nSPS) is 17.5. The lowest BCUT2D eigenvalue weighted by Crippen LogP contribution is -2.07. The number of hydrogen-bond donors (Lipinski definition) is 1. The van der Waals surface area contributed by atoms with E-state index in [1.54, 1.807) is 24.3 Å². The summed E-state index contributed by atoms with van der Waals surface area (Å²) in [7, 11) is -3.66. The van der Waals surface area contributed by atoms with Crippen molar-refractivity contribution in [2.75, 3.05) is 6.61 Å². The molecule has 1 heterocycles. The predicted molar refractivity (Wildman–Crippen MR) is 65.6 cm³/mol. The van der Waals surface area contributed by atoms with Gasteiger partial charge in [-0.2, -0.15) is 8.42 Å². The smallest absolute Gasteiger partial charge is 0.283 e. The highest BCUT2D eigenvalue weighted by Gasteiger charge is 2.23. The molecule has 0 radical (unpaired) electrons. The number of amidine groups is 1. The van der Waals surface area contributed by atoms with Gasteiger partial charge in [0.05, 0.1) is 5.02 Å². The van der Waals surface area contributed by atoms with Crippen molar-refractivity contribution in [1.82, 2.24) is 0 Å². The molecular formula is C10H9ClN2O3S. The minimum Gasteiger partial charge on any atom is -0.487 e. The second-order valence-corrected chi connectivity index (χ2v) is 5.39. The van der Waals surface area contributed by atoms with Crippen molar-refractivity contribution < 1.29 is 13.2 Å². The van der Waals surface area contributed by atoms with Crippen LogP contribution < -0.4 is 10.5 Å². The first kappa shape index (κ1) is 11.9. The van der Waals surface area contributed by atoms with E-state index in [9.17, 15) is 8.42 Å². The third-order valence-corrected chi connectivity index (χ3v) is 3.73. The Labute approximate surface area is 104 Å². The summed E-state index contributed by atoms with van der Waals surface area (Å²) in [6, 6.07) is 6.79. The van der Waals surface area contributed by atoms with Crippen molar-refractivity contribution >= 4 is 27.5 Å². The Morgan fingerprint density at radius 1 is 1.35 bits per heavy atom. The van der Waals surface area contributed by atoms with Gasteiger partial charge in [-0.3, -0.25) is 0 Å². The summed E-state index contributed by atoms with van der Waals surface area (Å²) in [5.74, 6) is 0.374. The van der Waals surface area contributed by atoms with Crippen LogP contribution in [0.1, 0.15) is 0 Å². The van der Waals surface area contributed by atoms with E-state index in [1.165, 1.54) is 6.08 Å². The Morgan fingerprint density at radius 3 is 2.65 bits per heavy atom. The average Bonchev–Trinajstić information content (AvgIpc) is 2.50. The second-order valence-electron chi connectivity index (χ2n) is 3.32. The van der Waals surface area contributed by atoms with Crippen LogP contribution in [-0.2, 0) is 10.0 Å². The molecule has 2 rings (SSSR count). The van der Waals surface area contributed by atoms with Crippen LogP contribution in [0.4, 0.5) is 0 Å². The summed E-state index contributed by atoms with van der Waals surface area (Å²) in [4.78, 5) is 0.0231. The summed E-state index contributed by atoms with van der Waals surface area (Å²) in [5.41, 5.74) is 5.31. The monoisotopic (exact) mass is 272 g/mol. The van der Waals surface area contributed by atoms with Crippen LogP contribution in [0, 0.1) is 0 Å². The fourth-order valence-electron chi connectivity index (χ4n) is 1.29. The molecule has 0 saturated carbocycles. The molecule has 0 bridgehead atoms. The van der Waals surface area contributed by atoms with Crippen molar-refractivity contribution in [3.05, 3.63) is 40.3 Å². The Bertz CT molecular complexity index is 608. The zero-order valence-corrected chi connectivity index (χ0v) is 10.2. The zero-order chi connectivity index (χ0) is 12.5. The summed E-state index contributed by atoms with van der Waals surface area (Å²) in [6.07, 6.45) is 1.27. The Balaban J connectivity index is 2.11. The van der Waals surface area contributed by atoms with Gasteiger partial charge in [-0.05, 0) is 12.1 Å². The van der Waals surface area contributed by atoms with Gasteiger partial charge in [-0.25, -0.2) is 0 Å². The average molecular weight is 273 g/mol. The molecule has 0 atom stereocenters. The first-order chi connectivity index (χ1) is 7.99. The first-order valence-electron chi connectivity index (χ1n) is 4.67. The lowest BCUT2D eigenvalue weighted by Gasteiger charge is -2.07. The van der Waals surface area contributed by atoms with E-state index in [-0.39, 0.29) is 17.3 Å². The third-order valence-electron chi connectivity index (χ3n) is 2.07. The van der Waals surface area contributed by atoms with Gasteiger partial charge in [0, 0.05) is 6.08 Å². The molecule has 7 heteroatoms. The lowest BCUT2D eigenvalue weighted by molar-refractivity contribution is 0.358. The summed E-state index contributed by atoms with van der Waals surface area (Å²) in [5, 5.41) is 0.414. The quantitative estimate of drug-likeness (QED) is 0.899. The van der Waals surface area contributed by atoms with E-state index < -0.39 is 10.0 Å². The molecule has 0 spiro atoms. The van der Waals surface area contributed by atoms with Crippen molar-refractivity contribution in [3.8, 4) is 5.75 Å². The van der Waals surface area contributed by atoms with Crippen LogP contribution in [0.2, 0.25) is 5.02 Å². The molecular weight excluding hydrogens is 264 g/mol. The van der Waals surface area contributed by atoms with Gasteiger partial charge < -0.3 is 10.5 Å². The maximum Gasteiger partial charge on any atom is 0.283 e. The van der Waals surface area contributed by atoms with Crippen LogP contribution in [0.25, 0.3) is 0 Å². The van der Waals surface area contributed by atoms with E-state index in [0.29, 0.717) is 10.8 Å². The third kappa shape index (κ3) is 2.59. The molecule has 0 aromatic heterocycles. The van der Waals surface area contributed by atoms with E-state index >= 15 is 0 Å². The van der Waals surface area contributed by atoms with Crippen molar-refractivity contribution in [1.29, 1.82) is 0 Å². The van der Waals surface area contributed by atoms with Gasteiger partial charge in [0.1, 0.15) is 23.1 Å². The highest BCUT2D eigenvalue weighted by molar-refractivity contribution is 7.94. The zero-order valence-electron chi connectivity index (χ0n) is 8.63. The molecule has 1 aliphatic rings. The molecule has 0 amide bonds. The number of ether oxygens (including phenoxy) is 1. The fraction of sp³-hybridized carbons (Fsp3) is 0.100. The number of rotatable bonds is 3. The molecule has 5 nitrogen and oxygen atoms in total. The van der Waals surface area contributed by atoms with Crippen molar-refractivity contribution in [3.63, 3.8) is 0 Å². The van der Waals surface area contributed by atoms with Gasteiger partial charge in [0.15, 0.2) is 0 Å². The van der Waals surface area contributed by atoms with E-state index in [1.807, 2.05) is 0 Å². The minimum absolute atomic E-state index is 0.0231. The molecule has 0 unspecified atom stereocenters. The maximum atomic E-state index is 11.4. The molecule has 1 aromatic carbocycles. The van der Waals surface area contributed by atoms with Crippen molar-refractivity contribution in [2.45, 2.75) is 0 Å². The number of para-hydroxylation sites is 1. The fourth-order valence-corrected chi connectivity index (χ4v) is 2.41. The Morgan fingerprint density at radius 2 is 2.06 bits per heavy atom. The van der Waals surface area contributed by atoms with E-state index in [2.05, 4.69) is 4.40 Å². The maximum absolute atomic E-state index is 11.4. The molecule has 90 valence electrons. The molecule has 17 heavy (non-hydrogen) atoms. The predicted octanol–water partition coefficient (Wildman–Crippen LogP) is 1.30. The molecule has 1 aromatic rings. The second kappa shape index (κ2) is 4.38. The topological polar surface area (TPSA) is 81.8 Å². The standard InChI is InChI=1S/C10H9ClN2O3S/c11-8-3-1-2-4-9(8)16-6-7-5-10(12)13-17(7,14)15/h1-5H,6H2,(H2,12,13). The Hall–Kier alpha value is -1.53. The first-order valence-corrected chi connectivity index (χ1v) is 6.49. The number of halogens is 1. The number of sulfonamides is 1. The van der Waals surface area contributed by atoms with Crippen LogP contribution in [-0.4, -0.2) is 20.9 Å². The minimum atomic E-state index is -3.66. The Kier molecular flexibility index (Phi) is 3.08. The summed E-state index contributed by atoms with van der Waals surface area (Å²) >= 11 is 5.86. The highest BCUT2D eigenvalue weighted by Crippen LogP contribution is 2.25. The number of benzene rings is 1. The lowest BCUT2D eigenvalue weighted by atomic mass is 10.3. The number of nitrogens with zero attached hydrogens (tertiary/aromatic N) is 1. The summed E-state index contributed by atoms with van der Waals surface area (Å²) < 4.78 is 31.5. The van der Waals surface area contributed by atoms with Gasteiger partial charge in [0.2, 0.25) is 0 Å². The van der Waals surface area contributed by atoms with E-state index in [0.717, 1.165) is 0 Å². The van der Waals surface area contributed by atoms with Gasteiger partial charge in [0.25, 0.3) is 10.0 Å². The van der Waals surface area contributed by atoms with Crippen molar-refractivity contribution in [2.24, 2.45) is 10.1 Å². The van der Waals surface area contributed by atoms with Crippen LogP contribution in [0.3, 0.4) is 0 Å². The molecule has 2 N–H and O–H groups in total. The van der Waals surface area contributed by atoms with Gasteiger partial charge >= 0.3 is 0 Å².